The molecule has 54 heavy (non-hydrogen) atoms. The molecule has 0 bridgehead atoms. The Hall–Kier alpha value is -6.64. The minimum absolute atomic E-state index is 0.140. The lowest BCUT2D eigenvalue weighted by atomic mass is 9.86. The van der Waals surface area contributed by atoms with Gasteiger partial charge < -0.3 is 9.13 Å². The molecule has 0 amide bonds. The van der Waals surface area contributed by atoms with Gasteiger partial charge >= 0.3 is 0 Å². The third-order valence-corrected chi connectivity index (χ3v) is 11.1. The van der Waals surface area contributed by atoms with Crippen molar-refractivity contribution in [3.63, 3.8) is 0 Å². The lowest BCUT2D eigenvalue weighted by molar-refractivity contribution is 0.590. The van der Waals surface area contributed by atoms with E-state index >= 15 is 0 Å². The van der Waals surface area contributed by atoms with Gasteiger partial charge in [-0.15, -0.1) is 0 Å². The minimum atomic E-state index is 0.140. The van der Waals surface area contributed by atoms with Crippen LogP contribution >= 0.6 is 0 Å². The smallest absolute Gasteiger partial charge is 0.0541 e. The molecule has 0 atom stereocenters. The molecule has 10 aromatic rings. The van der Waals surface area contributed by atoms with Crippen LogP contribution in [0, 0.1) is 0 Å². The SMILES string of the molecule is CC(C)(C)c1ccc(-c2ccc(-n3c4ccccc4c4cc(-c5ccc6c(c5)c5ccccc5n6-c5ccccc5-c5ccccc5)ccc43)cc2)cc1. The fourth-order valence-corrected chi connectivity index (χ4v) is 8.34. The highest BCUT2D eigenvalue weighted by molar-refractivity contribution is 6.13. The van der Waals surface area contributed by atoms with E-state index in [9.17, 15) is 0 Å². The standard InChI is InChI=1S/C52H40N2/c1-52(2,3)40-27-21-35(22-28-40)36-23-29-41(30-24-36)53-48-19-11-8-16-43(48)45-33-38(25-31-50(45)53)39-26-32-51-46(34-39)44-17-9-12-20-49(44)54(51)47-18-10-7-15-42(47)37-13-5-4-6-14-37/h4-34H,1-3H3. The van der Waals surface area contributed by atoms with Gasteiger partial charge in [0.1, 0.15) is 0 Å². The molecule has 2 heteroatoms. The van der Waals surface area contributed by atoms with E-state index in [2.05, 4.69) is 218 Å². The molecular weight excluding hydrogens is 653 g/mol. The van der Waals surface area contributed by atoms with Crippen molar-refractivity contribution in [3.8, 4) is 44.8 Å². The molecule has 0 radical (unpaired) electrons. The van der Waals surface area contributed by atoms with E-state index in [1.807, 2.05) is 0 Å². The van der Waals surface area contributed by atoms with Crippen LogP contribution in [0.3, 0.4) is 0 Å². The summed E-state index contributed by atoms with van der Waals surface area (Å²) in [5, 5.41) is 5.01. The lowest BCUT2D eigenvalue weighted by Gasteiger charge is -2.19. The Morgan fingerprint density at radius 2 is 0.796 bits per heavy atom. The largest absolute Gasteiger partial charge is 0.309 e. The van der Waals surface area contributed by atoms with Crippen LogP contribution in [-0.2, 0) is 5.41 Å². The molecule has 0 aliphatic heterocycles. The number of para-hydroxylation sites is 3. The van der Waals surface area contributed by atoms with E-state index in [-0.39, 0.29) is 5.41 Å². The van der Waals surface area contributed by atoms with Gasteiger partial charge in [0.2, 0.25) is 0 Å². The van der Waals surface area contributed by atoms with E-state index in [1.165, 1.54) is 88.2 Å². The van der Waals surface area contributed by atoms with Crippen molar-refractivity contribution in [2.24, 2.45) is 0 Å². The fourth-order valence-electron chi connectivity index (χ4n) is 8.34. The second kappa shape index (κ2) is 12.5. The van der Waals surface area contributed by atoms with Crippen molar-refractivity contribution in [2.45, 2.75) is 26.2 Å². The highest BCUT2D eigenvalue weighted by Crippen LogP contribution is 2.40. The predicted octanol–water partition coefficient (Wildman–Crippen LogP) is 14.2. The molecule has 0 unspecified atom stereocenters. The molecular formula is C52H40N2. The summed E-state index contributed by atoms with van der Waals surface area (Å²) in [4.78, 5) is 0. The molecule has 2 aromatic heterocycles. The molecule has 10 rings (SSSR count). The van der Waals surface area contributed by atoms with E-state index in [4.69, 9.17) is 0 Å². The third kappa shape index (κ3) is 5.25. The first-order valence-corrected chi connectivity index (χ1v) is 18.9. The zero-order valence-electron chi connectivity index (χ0n) is 30.8. The molecule has 258 valence electrons. The number of hydrogen-bond donors (Lipinski definition) is 0. The van der Waals surface area contributed by atoms with Crippen LogP contribution in [0.25, 0.3) is 88.4 Å². The van der Waals surface area contributed by atoms with Crippen LogP contribution in [0.1, 0.15) is 26.3 Å². The highest BCUT2D eigenvalue weighted by atomic mass is 15.0. The number of rotatable bonds is 5. The minimum Gasteiger partial charge on any atom is -0.309 e. The molecule has 8 aromatic carbocycles. The molecule has 0 fully saturated rings. The monoisotopic (exact) mass is 692 g/mol. The molecule has 2 nitrogen and oxygen atoms in total. The summed E-state index contributed by atoms with van der Waals surface area (Å²) in [6.45, 7) is 6.78. The Labute approximate surface area is 316 Å². The van der Waals surface area contributed by atoms with E-state index in [1.54, 1.807) is 0 Å². The van der Waals surface area contributed by atoms with Crippen LogP contribution in [0.15, 0.2) is 188 Å². The maximum absolute atomic E-state index is 2.43. The Morgan fingerprint density at radius 1 is 0.333 bits per heavy atom. The van der Waals surface area contributed by atoms with Gasteiger partial charge in [-0.2, -0.15) is 0 Å². The number of aromatic nitrogens is 2. The molecule has 0 spiro atoms. The summed E-state index contributed by atoms with van der Waals surface area (Å²) in [6, 6.07) is 69.0. The van der Waals surface area contributed by atoms with Gasteiger partial charge in [0, 0.05) is 32.8 Å². The Bertz CT molecular complexity index is 2990. The fraction of sp³-hybridized carbons (Fsp3) is 0.0769. The lowest BCUT2D eigenvalue weighted by Crippen LogP contribution is -2.10. The van der Waals surface area contributed by atoms with Crippen LogP contribution in [-0.4, -0.2) is 9.13 Å². The van der Waals surface area contributed by atoms with Gasteiger partial charge in [0.15, 0.2) is 0 Å². The summed E-state index contributed by atoms with van der Waals surface area (Å²) in [6.07, 6.45) is 0. The normalized spacial score (nSPS) is 12.0. The molecule has 0 saturated carbocycles. The Balaban J connectivity index is 1.08. The van der Waals surface area contributed by atoms with Crippen LogP contribution in [0.2, 0.25) is 0 Å². The summed E-state index contributed by atoms with van der Waals surface area (Å²) < 4.78 is 4.84. The quantitative estimate of drug-likeness (QED) is 0.170. The predicted molar refractivity (Wildman–Crippen MR) is 230 cm³/mol. The topological polar surface area (TPSA) is 9.86 Å². The van der Waals surface area contributed by atoms with Crippen molar-refractivity contribution in [2.75, 3.05) is 0 Å². The Kier molecular flexibility index (Phi) is 7.42. The van der Waals surface area contributed by atoms with E-state index in [0.717, 1.165) is 5.69 Å². The molecule has 2 heterocycles. The number of benzene rings is 8. The van der Waals surface area contributed by atoms with Gasteiger partial charge in [-0.1, -0.05) is 154 Å². The Morgan fingerprint density at radius 3 is 1.41 bits per heavy atom. The second-order valence-electron chi connectivity index (χ2n) is 15.4. The summed E-state index contributed by atoms with van der Waals surface area (Å²) in [5.74, 6) is 0. The maximum Gasteiger partial charge on any atom is 0.0541 e. The van der Waals surface area contributed by atoms with Crippen molar-refractivity contribution in [1.29, 1.82) is 0 Å². The summed E-state index contributed by atoms with van der Waals surface area (Å²) in [5.41, 5.74) is 16.0. The van der Waals surface area contributed by atoms with Crippen LogP contribution < -0.4 is 0 Å². The average molecular weight is 693 g/mol. The number of hydrogen-bond acceptors (Lipinski definition) is 0. The number of nitrogens with zero attached hydrogens (tertiary/aromatic N) is 2. The molecule has 0 N–H and O–H groups in total. The zero-order valence-corrected chi connectivity index (χ0v) is 30.8. The highest BCUT2D eigenvalue weighted by Gasteiger charge is 2.18. The first-order chi connectivity index (χ1) is 26.4. The zero-order chi connectivity index (χ0) is 36.4. The molecule has 0 aliphatic rings. The van der Waals surface area contributed by atoms with E-state index < -0.39 is 0 Å². The molecule has 0 aliphatic carbocycles. The van der Waals surface area contributed by atoms with Gasteiger partial charge in [-0.25, -0.2) is 0 Å². The average Bonchev–Trinajstić information content (AvgIpc) is 3.73. The summed E-state index contributed by atoms with van der Waals surface area (Å²) >= 11 is 0. The van der Waals surface area contributed by atoms with Gasteiger partial charge in [-0.3, -0.25) is 0 Å². The second-order valence-corrected chi connectivity index (χ2v) is 15.4. The van der Waals surface area contributed by atoms with Crippen molar-refractivity contribution in [3.05, 3.63) is 194 Å². The summed E-state index contributed by atoms with van der Waals surface area (Å²) in [7, 11) is 0. The van der Waals surface area contributed by atoms with Gasteiger partial charge in [0.25, 0.3) is 0 Å². The van der Waals surface area contributed by atoms with Crippen LogP contribution in [0.5, 0.6) is 0 Å². The van der Waals surface area contributed by atoms with Gasteiger partial charge in [0.05, 0.1) is 27.8 Å². The van der Waals surface area contributed by atoms with Crippen molar-refractivity contribution < 1.29 is 0 Å². The van der Waals surface area contributed by atoms with Crippen molar-refractivity contribution >= 4 is 43.6 Å². The number of fused-ring (bicyclic) bond motifs is 6. The third-order valence-electron chi connectivity index (χ3n) is 11.1. The van der Waals surface area contributed by atoms with E-state index in [0.29, 0.717) is 0 Å². The first-order valence-electron chi connectivity index (χ1n) is 18.9. The maximum atomic E-state index is 2.43. The first kappa shape index (κ1) is 32.0. The van der Waals surface area contributed by atoms with Gasteiger partial charge in [-0.05, 0) is 93.4 Å². The van der Waals surface area contributed by atoms with Crippen LogP contribution in [0.4, 0.5) is 0 Å². The molecule has 0 saturated heterocycles. The van der Waals surface area contributed by atoms with Crippen molar-refractivity contribution in [1.82, 2.24) is 9.13 Å².